The first-order chi connectivity index (χ1) is 9.74. The topological polar surface area (TPSA) is 58.2 Å². The van der Waals surface area contributed by atoms with E-state index in [2.05, 4.69) is 17.6 Å². The number of carbonyl (C=O) groups is 2. The molecule has 1 aliphatic rings. The van der Waals surface area contributed by atoms with Gasteiger partial charge in [0.05, 0.1) is 0 Å². The molecule has 0 spiro atoms. The minimum Gasteiger partial charge on any atom is -0.354 e. The van der Waals surface area contributed by atoms with Crippen LogP contribution in [0.5, 0.6) is 0 Å². The predicted octanol–water partition coefficient (Wildman–Crippen LogP) is 2.91. The Balaban J connectivity index is 2.06. The van der Waals surface area contributed by atoms with Gasteiger partial charge in [-0.3, -0.25) is 9.59 Å². The molecule has 0 radical (unpaired) electrons. The molecule has 2 amide bonds. The molecule has 1 heterocycles. The van der Waals surface area contributed by atoms with Crippen molar-refractivity contribution in [3.63, 3.8) is 0 Å². The SMILES string of the molecule is CCCCCCCCCC(=O)NC1CCCCNC1=O. The molecule has 0 saturated carbocycles. The standard InChI is InChI=1S/C16H30N2O2/c1-2-3-4-5-6-7-8-12-15(19)18-14-11-9-10-13-17-16(14)20/h14H,2-13H2,1H3,(H,17,20)(H,18,19). The third-order valence-corrected chi connectivity index (χ3v) is 3.88. The Hall–Kier alpha value is -1.06. The lowest BCUT2D eigenvalue weighted by Crippen LogP contribution is -2.45. The molecule has 20 heavy (non-hydrogen) atoms. The second kappa shape index (κ2) is 10.7. The summed E-state index contributed by atoms with van der Waals surface area (Å²) in [4.78, 5) is 23.5. The van der Waals surface area contributed by atoms with E-state index in [0.29, 0.717) is 6.42 Å². The number of nitrogens with one attached hydrogen (secondary N) is 2. The number of amides is 2. The van der Waals surface area contributed by atoms with Crippen molar-refractivity contribution in [3.8, 4) is 0 Å². The van der Waals surface area contributed by atoms with Gasteiger partial charge in [-0.05, 0) is 25.7 Å². The van der Waals surface area contributed by atoms with Gasteiger partial charge in [0.2, 0.25) is 11.8 Å². The Kier molecular flexibility index (Phi) is 9.09. The van der Waals surface area contributed by atoms with Gasteiger partial charge in [-0.25, -0.2) is 0 Å². The highest BCUT2D eigenvalue weighted by atomic mass is 16.2. The average molecular weight is 282 g/mol. The molecule has 0 bridgehead atoms. The second-order valence-electron chi connectivity index (χ2n) is 5.78. The molecule has 1 fully saturated rings. The molecule has 0 aliphatic carbocycles. The predicted molar refractivity (Wildman–Crippen MR) is 81.4 cm³/mol. The summed E-state index contributed by atoms with van der Waals surface area (Å²) in [6.07, 6.45) is 11.8. The smallest absolute Gasteiger partial charge is 0.242 e. The summed E-state index contributed by atoms with van der Waals surface area (Å²) in [5.74, 6) is 0.0102. The molecule has 1 rings (SSSR count). The average Bonchev–Trinajstić information content (AvgIpc) is 2.63. The van der Waals surface area contributed by atoms with Crippen LogP contribution in [0.15, 0.2) is 0 Å². The maximum absolute atomic E-state index is 11.8. The van der Waals surface area contributed by atoms with Crippen molar-refractivity contribution >= 4 is 11.8 Å². The van der Waals surface area contributed by atoms with Gasteiger partial charge in [0.25, 0.3) is 0 Å². The van der Waals surface area contributed by atoms with E-state index >= 15 is 0 Å². The summed E-state index contributed by atoms with van der Waals surface area (Å²) in [5.41, 5.74) is 0. The van der Waals surface area contributed by atoms with Gasteiger partial charge in [0, 0.05) is 13.0 Å². The first kappa shape index (κ1) is 17.0. The van der Waals surface area contributed by atoms with Gasteiger partial charge < -0.3 is 10.6 Å². The fraction of sp³-hybridized carbons (Fsp3) is 0.875. The van der Waals surface area contributed by atoms with Gasteiger partial charge in [-0.2, -0.15) is 0 Å². The summed E-state index contributed by atoms with van der Waals surface area (Å²) < 4.78 is 0. The molecule has 2 N–H and O–H groups in total. The Morgan fingerprint density at radius 1 is 1.15 bits per heavy atom. The monoisotopic (exact) mass is 282 g/mol. The summed E-state index contributed by atoms with van der Waals surface area (Å²) >= 11 is 0. The molecule has 4 heteroatoms. The van der Waals surface area contributed by atoms with Crippen LogP contribution >= 0.6 is 0 Å². The zero-order chi connectivity index (χ0) is 14.6. The molecule has 1 aliphatic heterocycles. The van der Waals surface area contributed by atoms with E-state index in [1.165, 1.54) is 32.1 Å². The Bertz CT molecular complexity index is 292. The number of hydrogen-bond acceptors (Lipinski definition) is 2. The highest BCUT2D eigenvalue weighted by Crippen LogP contribution is 2.09. The van der Waals surface area contributed by atoms with Crippen molar-refractivity contribution in [2.24, 2.45) is 0 Å². The largest absolute Gasteiger partial charge is 0.354 e. The van der Waals surface area contributed by atoms with E-state index in [1.54, 1.807) is 0 Å². The Morgan fingerprint density at radius 2 is 1.85 bits per heavy atom. The number of hydrogen-bond donors (Lipinski definition) is 2. The fourth-order valence-electron chi connectivity index (χ4n) is 2.59. The zero-order valence-corrected chi connectivity index (χ0v) is 12.9. The van der Waals surface area contributed by atoms with E-state index in [1.807, 2.05) is 0 Å². The Labute approximate surface area is 123 Å². The van der Waals surface area contributed by atoms with Crippen molar-refractivity contribution in [2.75, 3.05) is 6.54 Å². The normalized spacial score (nSPS) is 19.2. The maximum Gasteiger partial charge on any atom is 0.242 e. The van der Waals surface area contributed by atoms with Gasteiger partial charge in [0.1, 0.15) is 6.04 Å². The van der Waals surface area contributed by atoms with Gasteiger partial charge >= 0.3 is 0 Å². The van der Waals surface area contributed by atoms with Crippen LogP contribution in [0.2, 0.25) is 0 Å². The maximum atomic E-state index is 11.8. The van der Waals surface area contributed by atoms with Crippen LogP contribution < -0.4 is 10.6 Å². The summed E-state index contributed by atoms with van der Waals surface area (Å²) in [6, 6.07) is -0.311. The first-order valence-corrected chi connectivity index (χ1v) is 8.31. The summed E-state index contributed by atoms with van der Waals surface area (Å²) in [6.45, 7) is 2.96. The minimum atomic E-state index is -0.311. The number of carbonyl (C=O) groups excluding carboxylic acids is 2. The minimum absolute atomic E-state index is 0.0181. The zero-order valence-electron chi connectivity index (χ0n) is 12.9. The Morgan fingerprint density at radius 3 is 2.60 bits per heavy atom. The van der Waals surface area contributed by atoms with Crippen LogP contribution in [-0.2, 0) is 9.59 Å². The van der Waals surface area contributed by atoms with Crippen molar-refractivity contribution in [1.29, 1.82) is 0 Å². The molecule has 0 aromatic heterocycles. The second-order valence-corrected chi connectivity index (χ2v) is 5.78. The molecule has 1 unspecified atom stereocenters. The van der Waals surface area contributed by atoms with Crippen LogP contribution in [0.1, 0.15) is 77.6 Å². The van der Waals surface area contributed by atoms with Crippen LogP contribution in [0.4, 0.5) is 0 Å². The molecule has 0 aromatic carbocycles. The third-order valence-electron chi connectivity index (χ3n) is 3.88. The van der Waals surface area contributed by atoms with E-state index in [0.717, 1.165) is 38.6 Å². The fourth-order valence-corrected chi connectivity index (χ4v) is 2.59. The van der Waals surface area contributed by atoms with Crippen molar-refractivity contribution in [2.45, 2.75) is 83.6 Å². The quantitative estimate of drug-likeness (QED) is 0.639. The van der Waals surface area contributed by atoms with Crippen molar-refractivity contribution < 1.29 is 9.59 Å². The molecule has 1 saturated heterocycles. The molecule has 1 atom stereocenters. The summed E-state index contributed by atoms with van der Waals surface area (Å²) in [5, 5.41) is 5.71. The first-order valence-electron chi connectivity index (χ1n) is 8.31. The van der Waals surface area contributed by atoms with Crippen LogP contribution in [0.25, 0.3) is 0 Å². The third kappa shape index (κ3) is 7.51. The molecule has 0 aromatic rings. The van der Waals surface area contributed by atoms with Crippen LogP contribution in [0.3, 0.4) is 0 Å². The lowest BCUT2D eigenvalue weighted by atomic mass is 10.1. The highest BCUT2D eigenvalue weighted by molar-refractivity contribution is 5.87. The van der Waals surface area contributed by atoms with Crippen LogP contribution in [0, 0.1) is 0 Å². The molecule has 116 valence electrons. The lowest BCUT2D eigenvalue weighted by Gasteiger charge is -2.15. The highest BCUT2D eigenvalue weighted by Gasteiger charge is 2.21. The van der Waals surface area contributed by atoms with E-state index in [9.17, 15) is 9.59 Å². The summed E-state index contributed by atoms with van der Waals surface area (Å²) in [7, 11) is 0. The van der Waals surface area contributed by atoms with Gasteiger partial charge in [-0.15, -0.1) is 0 Å². The molecular formula is C16H30N2O2. The lowest BCUT2D eigenvalue weighted by molar-refractivity contribution is -0.128. The van der Waals surface area contributed by atoms with E-state index in [-0.39, 0.29) is 17.9 Å². The van der Waals surface area contributed by atoms with Gasteiger partial charge in [-0.1, -0.05) is 45.4 Å². The van der Waals surface area contributed by atoms with Crippen molar-refractivity contribution in [3.05, 3.63) is 0 Å². The van der Waals surface area contributed by atoms with Crippen molar-refractivity contribution in [1.82, 2.24) is 10.6 Å². The molecule has 4 nitrogen and oxygen atoms in total. The molecular weight excluding hydrogens is 252 g/mol. The van der Waals surface area contributed by atoms with Gasteiger partial charge in [0.15, 0.2) is 0 Å². The van der Waals surface area contributed by atoms with E-state index < -0.39 is 0 Å². The van der Waals surface area contributed by atoms with Crippen LogP contribution in [-0.4, -0.2) is 24.4 Å². The number of rotatable bonds is 9. The van der Waals surface area contributed by atoms with E-state index in [4.69, 9.17) is 0 Å². The number of unbranched alkanes of at least 4 members (excludes halogenated alkanes) is 6.